The van der Waals surface area contributed by atoms with Crippen molar-refractivity contribution in [2.24, 2.45) is 11.8 Å². The van der Waals surface area contributed by atoms with Crippen LogP contribution in [-0.2, 0) is 19.1 Å². The average Bonchev–Trinajstić information content (AvgIpc) is 3.39. The fourth-order valence-corrected chi connectivity index (χ4v) is 2.80. The Balaban J connectivity index is 1.71. The number of hydrogen-bond donors (Lipinski definition) is 3. The Kier molecular flexibility index (Phi) is 6.40. The minimum absolute atomic E-state index is 0.0787. The summed E-state index contributed by atoms with van der Waals surface area (Å²) in [5.41, 5.74) is -0.983. The van der Waals surface area contributed by atoms with Crippen molar-refractivity contribution in [3.63, 3.8) is 0 Å². The molecule has 1 saturated heterocycles. The van der Waals surface area contributed by atoms with Gasteiger partial charge in [-0.1, -0.05) is 13.8 Å². The lowest BCUT2D eigenvalue weighted by Crippen LogP contribution is -2.46. The third-order valence-electron chi connectivity index (χ3n) is 4.61. The normalized spacial score (nSPS) is 21.9. The van der Waals surface area contributed by atoms with E-state index in [2.05, 4.69) is 10.6 Å². The van der Waals surface area contributed by atoms with Crippen molar-refractivity contribution in [1.29, 1.82) is 0 Å². The third-order valence-corrected chi connectivity index (χ3v) is 4.61. The standard InChI is InChI=1S/C17H26N4O6/c1-10(2)6-7-18-15(25)19-12(22)9-27-13(23)8-21-14(24)17(3,11-4-5-11)20-16(21)26/h10-11H,4-9H2,1-3H3,(H,20,26)(H2,18,19,22,25)/t17-/m0/s1. The summed E-state index contributed by atoms with van der Waals surface area (Å²) in [6, 6.07) is -1.33. The highest BCUT2D eigenvalue weighted by Crippen LogP contribution is 2.42. The number of carbonyl (C=O) groups excluding carboxylic acids is 5. The number of carbonyl (C=O) groups is 5. The first-order chi connectivity index (χ1) is 12.6. The van der Waals surface area contributed by atoms with E-state index in [1.165, 1.54) is 0 Å². The molecule has 2 rings (SSSR count). The van der Waals surface area contributed by atoms with Crippen LogP contribution in [-0.4, -0.2) is 60.0 Å². The number of nitrogens with one attached hydrogen (secondary N) is 3. The minimum atomic E-state index is -0.983. The molecule has 1 saturated carbocycles. The van der Waals surface area contributed by atoms with Crippen molar-refractivity contribution in [3.05, 3.63) is 0 Å². The Morgan fingerprint density at radius 3 is 2.56 bits per heavy atom. The fourth-order valence-electron chi connectivity index (χ4n) is 2.80. The van der Waals surface area contributed by atoms with Crippen LogP contribution in [0.2, 0.25) is 0 Å². The van der Waals surface area contributed by atoms with Gasteiger partial charge >= 0.3 is 18.0 Å². The van der Waals surface area contributed by atoms with Crippen LogP contribution in [0.5, 0.6) is 0 Å². The molecule has 2 aliphatic rings. The van der Waals surface area contributed by atoms with Gasteiger partial charge in [0.15, 0.2) is 6.61 Å². The van der Waals surface area contributed by atoms with Gasteiger partial charge in [0, 0.05) is 6.54 Å². The molecule has 10 heteroatoms. The zero-order valence-corrected chi connectivity index (χ0v) is 15.8. The van der Waals surface area contributed by atoms with Crippen LogP contribution in [0.3, 0.4) is 0 Å². The predicted molar refractivity (Wildman–Crippen MR) is 93.3 cm³/mol. The van der Waals surface area contributed by atoms with Crippen molar-refractivity contribution in [2.75, 3.05) is 19.7 Å². The molecule has 150 valence electrons. The van der Waals surface area contributed by atoms with Crippen LogP contribution in [0.25, 0.3) is 0 Å². The van der Waals surface area contributed by atoms with Gasteiger partial charge in [0.2, 0.25) is 0 Å². The van der Waals surface area contributed by atoms with Crippen LogP contribution >= 0.6 is 0 Å². The Bertz CT molecular complexity index is 645. The average molecular weight is 382 g/mol. The highest BCUT2D eigenvalue weighted by atomic mass is 16.5. The molecule has 10 nitrogen and oxygen atoms in total. The highest BCUT2D eigenvalue weighted by Gasteiger charge is 2.56. The van der Waals surface area contributed by atoms with Gasteiger partial charge in [-0.25, -0.2) is 9.59 Å². The van der Waals surface area contributed by atoms with Gasteiger partial charge in [-0.3, -0.25) is 24.6 Å². The van der Waals surface area contributed by atoms with Crippen LogP contribution in [0.15, 0.2) is 0 Å². The minimum Gasteiger partial charge on any atom is -0.454 e. The number of esters is 1. The molecule has 1 heterocycles. The van der Waals surface area contributed by atoms with Crippen molar-refractivity contribution in [3.8, 4) is 0 Å². The topological polar surface area (TPSA) is 134 Å². The number of rotatable bonds is 8. The monoisotopic (exact) mass is 382 g/mol. The lowest BCUT2D eigenvalue weighted by molar-refractivity contribution is -0.150. The molecule has 1 aliphatic heterocycles. The molecule has 0 aromatic rings. The maximum Gasteiger partial charge on any atom is 0.326 e. The van der Waals surface area contributed by atoms with Gasteiger partial charge in [-0.2, -0.15) is 0 Å². The van der Waals surface area contributed by atoms with E-state index in [9.17, 15) is 24.0 Å². The van der Waals surface area contributed by atoms with E-state index in [0.29, 0.717) is 12.5 Å². The molecule has 0 aromatic heterocycles. The second-order valence-electron chi connectivity index (χ2n) is 7.45. The smallest absolute Gasteiger partial charge is 0.326 e. The van der Waals surface area contributed by atoms with Gasteiger partial charge in [-0.15, -0.1) is 0 Å². The van der Waals surface area contributed by atoms with Crippen molar-refractivity contribution < 1.29 is 28.7 Å². The summed E-state index contributed by atoms with van der Waals surface area (Å²) in [6.07, 6.45) is 2.46. The van der Waals surface area contributed by atoms with E-state index in [1.54, 1.807) is 6.92 Å². The van der Waals surface area contributed by atoms with Gasteiger partial charge in [-0.05, 0) is 38.0 Å². The van der Waals surface area contributed by atoms with Gasteiger partial charge in [0.25, 0.3) is 11.8 Å². The van der Waals surface area contributed by atoms with E-state index < -0.39 is 48.5 Å². The van der Waals surface area contributed by atoms with E-state index in [1.807, 2.05) is 19.2 Å². The van der Waals surface area contributed by atoms with Crippen LogP contribution in [0.1, 0.15) is 40.0 Å². The molecule has 3 N–H and O–H groups in total. The van der Waals surface area contributed by atoms with Crippen molar-refractivity contribution >= 4 is 29.8 Å². The number of amides is 6. The fraction of sp³-hybridized carbons (Fsp3) is 0.706. The molecular weight excluding hydrogens is 356 g/mol. The molecule has 0 aromatic carbocycles. The molecule has 0 unspecified atom stereocenters. The maximum atomic E-state index is 12.4. The summed E-state index contributed by atoms with van der Waals surface area (Å²) in [4.78, 5) is 60.1. The summed E-state index contributed by atoms with van der Waals surface area (Å²) in [5, 5.41) is 7.15. The summed E-state index contributed by atoms with van der Waals surface area (Å²) in [5.74, 6) is -1.69. The molecule has 1 atom stereocenters. The van der Waals surface area contributed by atoms with Crippen molar-refractivity contribution in [1.82, 2.24) is 20.9 Å². The summed E-state index contributed by atoms with van der Waals surface area (Å²) >= 11 is 0. The molecule has 1 aliphatic carbocycles. The number of ether oxygens (including phenoxy) is 1. The highest BCUT2D eigenvalue weighted by molar-refractivity contribution is 6.09. The zero-order valence-electron chi connectivity index (χ0n) is 15.8. The first-order valence-corrected chi connectivity index (χ1v) is 9.01. The first-order valence-electron chi connectivity index (χ1n) is 9.01. The first kappa shape index (κ1) is 20.7. The zero-order chi connectivity index (χ0) is 20.2. The molecule has 0 spiro atoms. The molecule has 0 bridgehead atoms. The van der Waals surface area contributed by atoms with E-state index in [0.717, 1.165) is 24.2 Å². The molecular formula is C17H26N4O6. The second kappa shape index (κ2) is 8.36. The number of hydrogen-bond acceptors (Lipinski definition) is 6. The Morgan fingerprint density at radius 2 is 1.96 bits per heavy atom. The van der Waals surface area contributed by atoms with Crippen molar-refractivity contribution in [2.45, 2.75) is 45.6 Å². The number of imide groups is 2. The lowest BCUT2D eigenvalue weighted by atomic mass is 9.96. The number of nitrogens with zero attached hydrogens (tertiary/aromatic N) is 1. The quantitative estimate of drug-likeness (QED) is 0.403. The van der Waals surface area contributed by atoms with Gasteiger partial charge < -0.3 is 15.4 Å². The largest absolute Gasteiger partial charge is 0.454 e. The molecule has 2 fully saturated rings. The Labute approximate surface area is 157 Å². The van der Waals surface area contributed by atoms with Crippen LogP contribution in [0.4, 0.5) is 9.59 Å². The lowest BCUT2D eigenvalue weighted by Gasteiger charge is -2.20. The van der Waals surface area contributed by atoms with Gasteiger partial charge in [0.1, 0.15) is 12.1 Å². The second-order valence-corrected chi connectivity index (χ2v) is 7.45. The van der Waals surface area contributed by atoms with E-state index >= 15 is 0 Å². The Hall–Kier alpha value is -2.65. The van der Waals surface area contributed by atoms with Crippen LogP contribution < -0.4 is 16.0 Å². The van der Waals surface area contributed by atoms with Gasteiger partial charge in [0.05, 0.1) is 0 Å². The summed E-state index contributed by atoms with van der Waals surface area (Å²) < 4.78 is 4.75. The summed E-state index contributed by atoms with van der Waals surface area (Å²) in [6.45, 7) is 4.80. The van der Waals surface area contributed by atoms with E-state index in [-0.39, 0.29) is 5.92 Å². The van der Waals surface area contributed by atoms with Crippen LogP contribution in [0, 0.1) is 11.8 Å². The third kappa shape index (κ3) is 5.41. The maximum absolute atomic E-state index is 12.4. The van der Waals surface area contributed by atoms with E-state index in [4.69, 9.17) is 4.74 Å². The summed E-state index contributed by atoms with van der Waals surface area (Å²) in [7, 11) is 0. The SMILES string of the molecule is CC(C)CCNC(=O)NC(=O)COC(=O)CN1C(=O)N[C@@](C)(C2CC2)C1=O. The predicted octanol–water partition coefficient (Wildman–Crippen LogP) is 0.122. The molecule has 27 heavy (non-hydrogen) atoms. The Morgan fingerprint density at radius 1 is 1.30 bits per heavy atom. The number of urea groups is 2. The molecule has 0 radical (unpaired) electrons. The molecule has 6 amide bonds.